The number of carbonyl (C=O) groups is 1. The topological polar surface area (TPSA) is 56.0 Å². The monoisotopic (exact) mass is 284 g/mol. The zero-order chi connectivity index (χ0) is 12.0. The summed E-state index contributed by atoms with van der Waals surface area (Å²) >= 11 is 3.33. The number of halogens is 1. The number of pyridine rings is 1. The van der Waals surface area contributed by atoms with Gasteiger partial charge in [0, 0.05) is 35.7 Å². The van der Waals surface area contributed by atoms with E-state index in [1.54, 1.807) is 12.4 Å². The number of nitrogens with zero attached hydrogens (tertiary/aromatic N) is 1. The SMILES string of the molecule is CC(N)CCCC(=O)Cc1cncc(Br)c1. The molecule has 16 heavy (non-hydrogen) atoms. The molecular formula is C12H17BrN2O. The summed E-state index contributed by atoms with van der Waals surface area (Å²) in [4.78, 5) is 15.6. The molecule has 0 radical (unpaired) electrons. The summed E-state index contributed by atoms with van der Waals surface area (Å²) in [6, 6.07) is 2.11. The Labute approximate surface area is 105 Å². The summed E-state index contributed by atoms with van der Waals surface area (Å²) in [5.74, 6) is 0.251. The molecule has 0 aromatic carbocycles. The number of ketones is 1. The molecule has 1 aromatic rings. The predicted octanol–water partition coefficient (Wildman–Crippen LogP) is 2.47. The van der Waals surface area contributed by atoms with Crippen LogP contribution in [0.4, 0.5) is 0 Å². The Morgan fingerprint density at radius 1 is 1.56 bits per heavy atom. The van der Waals surface area contributed by atoms with Gasteiger partial charge in [-0.1, -0.05) is 0 Å². The first-order valence-corrected chi connectivity index (χ1v) is 6.24. The number of rotatable bonds is 6. The smallest absolute Gasteiger partial charge is 0.137 e. The first-order chi connectivity index (χ1) is 7.58. The van der Waals surface area contributed by atoms with Crippen molar-refractivity contribution in [2.75, 3.05) is 0 Å². The summed E-state index contributed by atoms with van der Waals surface area (Å²) in [7, 11) is 0. The van der Waals surface area contributed by atoms with Gasteiger partial charge in [-0.25, -0.2) is 0 Å². The number of hydrogen-bond acceptors (Lipinski definition) is 3. The van der Waals surface area contributed by atoms with Crippen LogP contribution in [0.25, 0.3) is 0 Å². The minimum atomic E-state index is 0.181. The van der Waals surface area contributed by atoms with Crippen LogP contribution in [0.1, 0.15) is 31.7 Å². The van der Waals surface area contributed by atoms with Crippen molar-refractivity contribution in [2.24, 2.45) is 5.73 Å². The first kappa shape index (κ1) is 13.3. The van der Waals surface area contributed by atoms with E-state index in [0.717, 1.165) is 22.9 Å². The molecule has 1 heterocycles. The van der Waals surface area contributed by atoms with E-state index in [4.69, 9.17) is 5.73 Å². The highest BCUT2D eigenvalue weighted by atomic mass is 79.9. The Morgan fingerprint density at radius 3 is 2.94 bits per heavy atom. The van der Waals surface area contributed by atoms with Crippen molar-refractivity contribution in [3.05, 3.63) is 28.5 Å². The summed E-state index contributed by atoms with van der Waals surface area (Å²) in [5.41, 5.74) is 6.58. The van der Waals surface area contributed by atoms with Crippen molar-refractivity contribution in [1.29, 1.82) is 0 Å². The normalized spacial score (nSPS) is 12.4. The maximum Gasteiger partial charge on any atom is 0.137 e. The molecule has 1 atom stereocenters. The Hall–Kier alpha value is -0.740. The van der Waals surface area contributed by atoms with Crippen LogP contribution in [-0.4, -0.2) is 16.8 Å². The number of carbonyl (C=O) groups excluding carboxylic acids is 1. The molecule has 0 spiro atoms. The van der Waals surface area contributed by atoms with Crippen molar-refractivity contribution >= 4 is 21.7 Å². The maximum absolute atomic E-state index is 11.6. The fraction of sp³-hybridized carbons (Fsp3) is 0.500. The molecule has 0 saturated carbocycles. The lowest BCUT2D eigenvalue weighted by molar-refractivity contribution is -0.118. The van der Waals surface area contributed by atoms with Crippen LogP contribution in [0.5, 0.6) is 0 Å². The third-order valence-corrected chi connectivity index (χ3v) is 2.71. The van der Waals surface area contributed by atoms with Gasteiger partial charge in [-0.05, 0) is 47.3 Å². The van der Waals surface area contributed by atoms with Crippen LogP contribution < -0.4 is 5.73 Å². The van der Waals surface area contributed by atoms with Gasteiger partial charge in [-0.2, -0.15) is 0 Å². The number of hydrogen-bond donors (Lipinski definition) is 1. The Morgan fingerprint density at radius 2 is 2.31 bits per heavy atom. The molecule has 0 fully saturated rings. The van der Waals surface area contributed by atoms with Gasteiger partial charge in [0.05, 0.1) is 0 Å². The third-order valence-electron chi connectivity index (χ3n) is 2.28. The summed E-state index contributed by atoms with van der Waals surface area (Å²) in [6.45, 7) is 1.96. The van der Waals surface area contributed by atoms with E-state index in [0.29, 0.717) is 12.8 Å². The van der Waals surface area contributed by atoms with E-state index in [9.17, 15) is 4.79 Å². The summed E-state index contributed by atoms with van der Waals surface area (Å²) in [5, 5.41) is 0. The lowest BCUT2D eigenvalue weighted by atomic mass is 10.0. The molecule has 3 nitrogen and oxygen atoms in total. The predicted molar refractivity (Wildman–Crippen MR) is 68.1 cm³/mol. The van der Waals surface area contributed by atoms with Crippen molar-refractivity contribution in [3.8, 4) is 0 Å². The van der Waals surface area contributed by atoms with E-state index >= 15 is 0 Å². The molecule has 1 rings (SSSR count). The second-order valence-corrected chi connectivity index (χ2v) is 5.01. The van der Waals surface area contributed by atoms with Gasteiger partial charge in [-0.15, -0.1) is 0 Å². The van der Waals surface area contributed by atoms with Crippen LogP contribution in [0.2, 0.25) is 0 Å². The van der Waals surface area contributed by atoms with E-state index < -0.39 is 0 Å². The molecule has 2 N–H and O–H groups in total. The molecule has 0 aliphatic heterocycles. The van der Waals surface area contributed by atoms with Gasteiger partial charge >= 0.3 is 0 Å². The van der Waals surface area contributed by atoms with E-state index in [2.05, 4.69) is 20.9 Å². The maximum atomic E-state index is 11.6. The highest BCUT2D eigenvalue weighted by Crippen LogP contribution is 2.11. The average molecular weight is 285 g/mol. The van der Waals surface area contributed by atoms with Crippen molar-refractivity contribution < 1.29 is 4.79 Å². The molecule has 4 heteroatoms. The molecule has 0 aliphatic carbocycles. The second-order valence-electron chi connectivity index (χ2n) is 4.10. The lowest BCUT2D eigenvalue weighted by Gasteiger charge is -2.04. The van der Waals surface area contributed by atoms with Crippen LogP contribution in [0.3, 0.4) is 0 Å². The van der Waals surface area contributed by atoms with E-state index in [1.807, 2.05) is 13.0 Å². The quantitative estimate of drug-likeness (QED) is 0.873. The van der Waals surface area contributed by atoms with Crippen LogP contribution >= 0.6 is 15.9 Å². The number of nitrogens with two attached hydrogens (primary N) is 1. The van der Waals surface area contributed by atoms with Crippen molar-refractivity contribution in [3.63, 3.8) is 0 Å². The fourth-order valence-electron chi connectivity index (χ4n) is 1.49. The Kier molecular flexibility index (Phi) is 5.63. The van der Waals surface area contributed by atoms with Crippen LogP contribution in [0.15, 0.2) is 22.9 Å². The van der Waals surface area contributed by atoms with Gasteiger partial charge in [0.1, 0.15) is 5.78 Å². The molecule has 88 valence electrons. The highest BCUT2D eigenvalue weighted by Gasteiger charge is 2.05. The molecule has 0 aliphatic rings. The highest BCUT2D eigenvalue weighted by molar-refractivity contribution is 9.10. The number of aromatic nitrogens is 1. The Bertz CT molecular complexity index is 353. The third kappa shape index (κ3) is 5.37. The largest absolute Gasteiger partial charge is 0.328 e. The van der Waals surface area contributed by atoms with E-state index in [1.165, 1.54) is 0 Å². The van der Waals surface area contributed by atoms with Gasteiger partial charge in [-0.3, -0.25) is 9.78 Å². The standard InChI is InChI=1S/C12H17BrN2O/c1-9(14)3-2-4-12(16)6-10-5-11(13)8-15-7-10/h5,7-9H,2-4,6,14H2,1H3. The zero-order valence-corrected chi connectivity index (χ0v) is 11.0. The lowest BCUT2D eigenvalue weighted by Crippen LogP contribution is -2.15. The summed E-state index contributed by atoms with van der Waals surface area (Å²) in [6.07, 6.45) is 6.29. The molecule has 0 saturated heterocycles. The zero-order valence-electron chi connectivity index (χ0n) is 9.45. The van der Waals surface area contributed by atoms with Gasteiger partial charge in [0.2, 0.25) is 0 Å². The Balaban J connectivity index is 2.34. The van der Waals surface area contributed by atoms with E-state index in [-0.39, 0.29) is 11.8 Å². The summed E-state index contributed by atoms with van der Waals surface area (Å²) < 4.78 is 0.911. The van der Waals surface area contributed by atoms with Gasteiger partial charge < -0.3 is 5.73 Å². The van der Waals surface area contributed by atoms with Crippen LogP contribution in [-0.2, 0) is 11.2 Å². The molecule has 0 bridgehead atoms. The molecular weight excluding hydrogens is 268 g/mol. The fourth-order valence-corrected chi connectivity index (χ4v) is 1.90. The van der Waals surface area contributed by atoms with Crippen LogP contribution in [0, 0.1) is 0 Å². The minimum absolute atomic E-state index is 0.181. The number of Topliss-reactive ketones (excluding diaryl/α,β-unsaturated/α-hetero) is 1. The first-order valence-electron chi connectivity index (χ1n) is 5.44. The van der Waals surface area contributed by atoms with Crippen molar-refractivity contribution in [2.45, 2.75) is 38.6 Å². The van der Waals surface area contributed by atoms with Gasteiger partial charge in [0.15, 0.2) is 0 Å². The minimum Gasteiger partial charge on any atom is -0.328 e. The molecule has 1 aromatic heterocycles. The average Bonchev–Trinajstić information content (AvgIpc) is 2.16. The van der Waals surface area contributed by atoms with Crippen molar-refractivity contribution in [1.82, 2.24) is 4.98 Å². The molecule has 0 amide bonds. The molecule has 1 unspecified atom stereocenters. The second kappa shape index (κ2) is 6.76. The van der Waals surface area contributed by atoms with Gasteiger partial charge in [0.25, 0.3) is 0 Å².